The number of amides is 2. The van der Waals surface area contributed by atoms with Gasteiger partial charge in [-0.3, -0.25) is 9.59 Å². The highest BCUT2D eigenvalue weighted by Crippen LogP contribution is 2.31. The molecule has 1 aliphatic heterocycles. The third-order valence-electron chi connectivity index (χ3n) is 5.78. The molecule has 3 rings (SSSR count). The van der Waals surface area contributed by atoms with E-state index in [1.165, 1.54) is 12.1 Å². The van der Waals surface area contributed by atoms with E-state index in [-0.39, 0.29) is 22.8 Å². The molecule has 27 heavy (non-hydrogen) atoms. The summed E-state index contributed by atoms with van der Waals surface area (Å²) in [6.07, 6.45) is 5.73. The molecule has 1 heterocycles. The summed E-state index contributed by atoms with van der Waals surface area (Å²) in [5.41, 5.74) is 0.0703. The minimum atomic E-state index is -3.72. The maximum atomic E-state index is 12.9. The van der Waals surface area contributed by atoms with Crippen LogP contribution in [0.5, 0.6) is 0 Å². The second-order valence-electron chi connectivity index (χ2n) is 7.71. The summed E-state index contributed by atoms with van der Waals surface area (Å²) < 4.78 is 22.7. The summed E-state index contributed by atoms with van der Waals surface area (Å²) >= 11 is 0. The first-order valence-electron chi connectivity index (χ1n) is 9.43. The van der Waals surface area contributed by atoms with Crippen LogP contribution >= 0.6 is 0 Å². The first-order chi connectivity index (χ1) is 12.7. The molecule has 1 saturated carbocycles. The van der Waals surface area contributed by atoms with Crippen molar-refractivity contribution < 1.29 is 18.0 Å². The lowest BCUT2D eigenvalue weighted by atomic mass is 9.96. The summed E-state index contributed by atoms with van der Waals surface area (Å²) in [5, 5.41) is 8.23. The zero-order chi connectivity index (χ0) is 19.7. The van der Waals surface area contributed by atoms with Gasteiger partial charge in [0.05, 0.1) is 4.90 Å². The van der Waals surface area contributed by atoms with E-state index in [9.17, 15) is 18.0 Å². The third-order valence-corrected chi connectivity index (χ3v) is 6.71. The van der Waals surface area contributed by atoms with E-state index in [0.717, 1.165) is 31.2 Å². The van der Waals surface area contributed by atoms with Crippen LogP contribution in [-0.4, -0.2) is 43.3 Å². The largest absolute Gasteiger partial charge is 0.351 e. The Kier molecular flexibility index (Phi) is 5.58. The normalized spacial score (nSPS) is 23.8. The summed E-state index contributed by atoms with van der Waals surface area (Å²) in [6.45, 7) is 2.26. The number of nitrogens with one attached hydrogen (secondary N) is 1. The van der Waals surface area contributed by atoms with Crippen LogP contribution in [0.4, 0.5) is 0 Å². The Labute approximate surface area is 160 Å². The van der Waals surface area contributed by atoms with E-state index in [1.54, 1.807) is 17.0 Å². The molecule has 8 heteroatoms. The summed E-state index contributed by atoms with van der Waals surface area (Å²) in [7, 11) is -3.72. The number of carbonyl (C=O) groups excluding carboxylic acids is 2. The van der Waals surface area contributed by atoms with Crippen LogP contribution in [0.25, 0.3) is 0 Å². The third kappa shape index (κ3) is 4.32. The van der Waals surface area contributed by atoms with Gasteiger partial charge in [0, 0.05) is 19.0 Å². The fourth-order valence-corrected chi connectivity index (χ4v) is 4.52. The zero-order valence-electron chi connectivity index (χ0n) is 15.6. The minimum absolute atomic E-state index is 0.0137. The number of likely N-dealkylation sites (tertiary alicyclic amines) is 1. The number of primary sulfonamides is 1. The predicted octanol–water partition coefficient (Wildman–Crippen LogP) is 1.32. The zero-order valence-corrected chi connectivity index (χ0v) is 16.4. The first-order valence-corrected chi connectivity index (χ1v) is 11.0. The summed E-state index contributed by atoms with van der Waals surface area (Å²) in [4.78, 5) is 27.0. The number of hydrogen-bond donors (Lipinski definition) is 2. The molecule has 0 radical (unpaired) electrons. The summed E-state index contributed by atoms with van der Waals surface area (Å²) in [5.74, 6) is -0.0787. The number of nitrogens with zero attached hydrogens (tertiary/aromatic N) is 1. The van der Waals surface area contributed by atoms with Gasteiger partial charge in [-0.25, -0.2) is 13.6 Å². The maximum Gasteiger partial charge on any atom is 0.245 e. The molecule has 1 aliphatic carbocycles. The Morgan fingerprint density at radius 1 is 1.26 bits per heavy atom. The van der Waals surface area contributed by atoms with Gasteiger partial charge in [0.1, 0.15) is 5.54 Å². The van der Waals surface area contributed by atoms with E-state index in [2.05, 4.69) is 5.32 Å². The van der Waals surface area contributed by atoms with Crippen molar-refractivity contribution in [3.63, 3.8) is 0 Å². The van der Waals surface area contributed by atoms with Gasteiger partial charge in [-0.1, -0.05) is 25.0 Å². The molecule has 1 aromatic rings. The highest BCUT2D eigenvalue weighted by Gasteiger charge is 2.47. The van der Waals surface area contributed by atoms with Crippen molar-refractivity contribution in [2.75, 3.05) is 6.54 Å². The number of benzene rings is 1. The maximum absolute atomic E-state index is 12.9. The van der Waals surface area contributed by atoms with Crippen molar-refractivity contribution in [2.24, 2.45) is 5.14 Å². The molecule has 0 unspecified atom stereocenters. The van der Waals surface area contributed by atoms with Crippen LogP contribution in [0.2, 0.25) is 0 Å². The number of hydrogen-bond acceptors (Lipinski definition) is 4. The monoisotopic (exact) mass is 393 g/mol. The van der Waals surface area contributed by atoms with E-state index < -0.39 is 15.6 Å². The quantitative estimate of drug-likeness (QED) is 0.759. The molecule has 0 spiro atoms. The molecule has 7 nitrogen and oxygen atoms in total. The van der Waals surface area contributed by atoms with Crippen LogP contribution in [-0.2, 0) is 26.0 Å². The molecule has 2 aliphatic rings. The van der Waals surface area contributed by atoms with Gasteiger partial charge in [0.2, 0.25) is 21.8 Å². The van der Waals surface area contributed by atoms with Gasteiger partial charge >= 0.3 is 0 Å². The molecule has 0 bridgehead atoms. The van der Waals surface area contributed by atoms with Gasteiger partial charge in [-0.2, -0.15) is 0 Å². The van der Waals surface area contributed by atoms with E-state index >= 15 is 0 Å². The van der Waals surface area contributed by atoms with E-state index in [1.807, 2.05) is 6.92 Å². The first kappa shape index (κ1) is 19.8. The number of sulfonamides is 1. The van der Waals surface area contributed by atoms with Crippen molar-refractivity contribution in [1.82, 2.24) is 10.2 Å². The molecular formula is C19H27N3O4S. The topological polar surface area (TPSA) is 110 Å². The molecule has 3 N–H and O–H groups in total. The van der Waals surface area contributed by atoms with Crippen LogP contribution in [0.15, 0.2) is 29.2 Å². The van der Waals surface area contributed by atoms with E-state index in [4.69, 9.17) is 5.14 Å². The fraction of sp³-hybridized carbons (Fsp3) is 0.579. The molecule has 1 aromatic carbocycles. The second kappa shape index (κ2) is 7.59. The molecule has 1 saturated heterocycles. The molecule has 2 amide bonds. The minimum Gasteiger partial charge on any atom is -0.351 e. The smallest absolute Gasteiger partial charge is 0.245 e. The van der Waals surface area contributed by atoms with Gasteiger partial charge < -0.3 is 10.2 Å². The lowest BCUT2D eigenvalue weighted by Crippen LogP contribution is -2.56. The number of rotatable bonds is 6. The van der Waals surface area contributed by atoms with Crippen LogP contribution < -0.4 is 10.5 Å². The highest BCUT2D eigenvalue weighted by molar-refractivity contribution is 7.89. The molecule has 2 fully saturated rings. The van der Waals surface area contributed by atoms with Crippen LogP contribution in [0.1, 0.15) is 51.0 Å². The van der Waals surface area contributed by atoms with Crippen molar-refractivity contribution in [3.8, 4) is 0 Å². The average molecular weight is 394 g/mol. The SMILES string of the molecule is C[C@]1(C(=O)NC2CCCC2)CCC(=O)N1CCc1ccc(S(N)(=O)=O)cc1. The summed E-state index contributed by atoms with van der Waals surface area (Å²) in [6, 6.07) is 6.52. The fourth-order valence-electron chi connectivity index (χ4n) is 4.00. The highest BCUT2D eigenvalue weighted by atomic mass is 32.2. The second-order valence-corrected chi connectivity index (χ2v) is 9.27. The van der Waals surface area contributed by atoms with Crippen molar-refractivity contribution in [3.05, 3.63) is 29.8 Å². The molecule has 1 atom stereocenters. The Bertz CT molecular complexity index is 816. The predicted molar refractivity (Wildman–Crippen MR) is 101 cm³/mol. The number of nitrogens with two attached hydrogens (primary N) is 1. The van der Waals surface area contributed by atoms with Gasteiger partial charge in [-0.15, -0.1) is 0 Å². The Morgan fingerprint density at radius 3 is 2.48 bits per heavy atom. The molecule has 0 aromatic heterocycles. The lowest BCUT2D eigenvalue weighted by molar-refractivity contribution is -0.140. The molecular weight excluding hydrogens is 366 g/mol. The standard InChI is InChI=1S/C19H27N3O4S/c1-19(18(24)21-15-4-2-3-5-15)12-10-17(23)22(19)13-11-14-6-8-16(9-7-14)27(20,25)26/h6-9,15H,2-5,10-13H2,1H3,(H,21,24)(H2,20,25,26)/t19-/m1/s1. The van der Waals surface area contributed by atoms with Crippen molar-refractivity contribution >= 4 is 21.8 Å². The number of carbonyl (C=O) groups is 2. The van der Waals surface area contributed by atoms with Gasteiger partial charge in [0.25, 0.3) is 0 Å². The van der Waals surface area contributed by atoms with Crippen molar-refractivity contribution in [2.45, 2.75) is 68.3 Å². The lowest BCUT2D eigenvalue weighted by Gasteiger charge is -2.35. The van der Waals surface area contributed by atoms with E-state index in [0.29, 0.717) is 25.8 Å². The van der Waals surface area contributed by atoms with Crippen LogP contribution in [0.3, 0.4) is 0 Å². The van der Waals surface area contributed by atoms with Gasteiger partial charge in [0.15, 0.2) is 0 Å². The Morgan fingerprint density at radius 2 is 1.89 bits per heavy atom. The molecule has 148 valence electrons. The average Bonchev–Trinajstić information content (AvgIpc) is 3.22. The van der Waals surface area contributed by atoms with Crippen LogP contribution in [0, 0.1) is 0 Å². The van der Waals surface area contributed by atoms with Gasteiger partial charge in [-0.05, 0) is 50.3 Å². The Hall–Kier alpha value is -1.93. The Balaban J connectivity index is 1.66. The van der Waals surface area contributed by atoms with Crippen molar-refractivity contribution in [1.29, 1.82) is 0 Å².